The number of para-hydroxylation sites is 2. The average molecular weight is 380 g/mol. The zero-order chi connectivity index (χ0) is 19.9. The van der Waals surface area contributed by atoms with E-state index in [0.717, 1.165) is 44.3 Å². The third-order valence-electron chi connectivity index (χ3n) is 5.09. The van der Waals surface area contributed by atoms with E-state index >= 15 is 0 Å². The molecule has 5 nitrogen and oxygen atoms in total. The third kappa shape index (κ3) is 4.71. The number of nitrogens with zero attached hydrogens (tertiary/aromatic N) is 1. The number of nitrogens with one attached hydrogen (secondary N) is 1. The van der Waals surface area contributed by atoms with Gasteiger partial charge in [0.2, 0.25) is 0 Å². The standard InChI is InChI=1S/C23H28N2O3/c1-3-18-11-5-8-14-21(18)28-17(2)22(26)24-20-13-7-6-12-19(20)23(27)25-15-9-4-10-16-25/h5-8,11-14,17H,3-4,9-10,15-16H2,1-2H3,(H,24,26). The number of carbonyl (C=O) groups excluding carboxylic acids is 2. The molecule has 2 aromatic carbocycles. The van der Waals surface area contributed by atoms with E-state index in [-0.39, 0.29) is 11.8 Å². The number of piperidine rings is 1. The SMILES string of the molecule is CCc1ccccc1OC(C)C(=O)Nc1ccccc1C(=O)N1CCCCC1. The van der Waals surface area contributed by atoms with Crippen LogP contribution in [0.25, 0.3) is 0 Å². The number of hydrogen-bond donors (Lipinski definition) is 1. The maximum atomic E-state index is 12.9. The Bertz CT molecular complexity index is 828. The predicted octanol–water partition coefficient (Wildman–Crippen LogP) is 4.28. The molecule has 28 heavy (non-hydrogen) atoms. The smallest absolute Gasteiger partial charge is 0.265 e. The van der Waals surface area contributed by atoms with Crippen LogP contribution in [-0.2, 0) is 11.2 Å². The van der Waals surface area contributed by atoms with Crippen LogP contribution in [0.15, 0.2) is 48.5 Å². The Morgan fingerprint density at radius 1 is 1.04 bits per heavy atom. The van der Waals surface area contributed by atoms with Crippen molar-refractivity contribution >= 4 is 17.5 Å². The summed E-state index contributed by atoms with van der Waals surface area (Å²) in [4.78, 5) is 27.5. The number of ether oxygens (including phenoxy) is 1. The van der Waals surface area contributed by atoms with Gasteiger partial charge in [-0.15, -0.1) is 0 Å². The summed E-state index contributed by atoms with van der Waals surface area (Å²) in [7, 11) is 0. The van der Waals surface area contributed by atoms with Crippen LogP contribution in [0.4, 0.5) is 5.69 Å². The molecule has 0 saturated carbocycles. The monoisotopic (exact) mass is 380 g/mol. The molecular weight excluding hydrogens is 352 g/mol. The molecule has 0 bridgehead atoms. The summed E-state index contributed by atoms with van der Waals surface area (Å²) in [5.41, 5.74) is 2.11. The topological polar surface area (TPSA) is 58.6 Å². The molecular formula is C23H28N2O3. The summed E-state index contributed by atoms with van der Waals surface area (Å²) in [6.07, 6.45) is 3.38. The average Bonchev–Trinajstić information content (AvgIpc) is 2.74. The summed E-state index contributed by atoms with van der Waals surface area (Å²) in [5, 5.41) is 2.88. The Kier molecular flexibility index (Phi) is 6.69. The highest BCUT2D eigenvalue weighted by Gasteiger charge is 2.23. The van der Waals surface area contributed by atoms with Crippen molar-refractivity contribution in [1.29, 1.82) is 0 Å². The zero-order valence-electron chi connectivity index (χ0n) is 16.6. The minimum Gasteiger partial charge on any atom is -0.481 e. The first kappa shape index (κ1) is 19.9. The van der Waals surface area contributed by atoms with Gasteiger partial charge in [-0.25, -0.2) is 0 Å². The first-order chi connectivity index (χ1) is 13.6. The lowest BCUT2D eigenvalue weighted by molar-refractivity contribution is -0.122. The highest BCUT2D eigenvalue weighted by atomic mass is 16.5. The molecule has 0 aromatic heterocycles. The first-order valence-corrected chi connectivity index (χ1v) is 10.0. The van der Waals surface area contributed by atoms with Crippen LogP contribution in [0.1, 0.15) is 49.0 Å². The second-order valence-corrected chi connectivity index (χ2v) is 7.11. The summed E-state index contributed by atoms with van der Waals surface area (Å²) >= 11 is 0. The number of anilines is 1. The van der Waals surface area contributed by atoms with Gasteiger partial charge in [-0.2, -0.15) is 0 Å². The molecule has 1 fully saturated rings. The van der Waals surface area contributed by atoms with E-state index in [1.807, 2.05) is 41.3 Å². The number of benzene rings is 2. The van der Waals surface area contributed by atoms with Crippen LogP contribution < -0.4 is 10.1 Å². The van der Waals surface area contributed by atoms with Gasteiger partial charge in [-0.3, -0.25) is 9.59 Å². The fourth-order valence-electron chi connectivity index (χ4n) is 3.44. The quantitative estimate of drug-likeness (QED) is 0.814. The number of rotatable bonds is 6. The predicted molar refractivity (Wildman–Crippen MR) is 111 cm³/mol. The van der Waals surface area contributed by atoms with E-state index in [4.69, 9.17) is 4.74 Å². The molecule has 148 valence electrons. The van der Waals surface area contributed by atoms with Crippen molar-refractivity contribution in [3.05, 3.63) is 59.7 Å². The van der Waals surface area contributed by atoms with Gasteiger partial charge in [0.05, 0.1) is 11.3 Å². The molecule has 1 saturated heterocycles. The van der Waals surface area contributed by atoms with E-state index in [1.54, 1.807) is 19.1 Å². The lowest BCUT2D eigenvalue weighted by atomic mass is 10.1. The minimum absolute atomic E-state index is 0.0273. The van der Waals surface area contributed by atoms with Crippen LogP contribution >= 0.6 is 0 Å². The normalized spacial score (nSPS) is 15.0. The molecule has 1 N–H and O–H groups in total. The molecule has 1 atom stereocenters. The Balaban J connectivity index is 1.70. The molecule has 2 amide bonds. The Labute approximate surface area is 166 Å². The molecule has 0 aliphatic carbocycles. The van der Waals surface area contributed by atoms with Crippen molar-refractivity contribution in [3.63, 3.8) is 0 Å². The van der Waals surface area contributed by atoms with Crippen molar-refractivity contribution in [1.82, 2.24) is 4.90 Å². The van der Waals surface area contributed by atoms with Gasteiger partial charge in [0.15, 0.2) is 6.10 Å². The van der Waals surface area contributed by atoms with Gasteiger partial charge in [-0.1, -0.05) is 37.3 Å². The molecule has 1 aliphatic heterocycles. The van der Waals surface area contributed by atoms with E-state index in [1.165, 1.54) is 0 Å². The Morgan fingerprint density at radius 2 is 1.71 bits per heavy atom. The zero-order valence-corrected chi connectivity index (χ0v) is 16.6. The van der Waals surface area contributed by atoms with Crippen LogP contribution in [0.3, 0.4) is 0 Å². The molecule has 2 aromatic rings. The molecule has 1 aliphatic rings. The summed E-state index contributed by atoms with van der Waals surface area (Å²) in [5.74, 6) is 0.413. The summed E-state index contributed by atoms with van der Waals surface area (Å²) in [6, 6.07) is 14.9. The highest BCUT2D eigenvalue weighted by Crippen LogP contribution is 2.22. The summed E-state index contributed by atoms with van der Waals surface area (Å²) < 4.78 is 5.88. The lowest BCUT2D eigenvalue weighted by Gasteiger charge is -2.27. The molecule has 5 heteroatoms. The number of carbonyl (C=O) groups is 2. The Hall–Kier alpha value is -2.82. The van der Waals surface area contributed by atoms with Gasteiger partial charge >= 0.3 is 0 Å². The molecule has 0 spiro atoms. The van der Waals surface area contributed by atoms with E-state index in [0.29, 0.717) is 17.0 Å². The van der Waals surface area contributed by atoms with Crippen molar-refractivity contribution in [2.45, 2.75) is 45.6 Å². The van der Waals surface area contributed by atoms with Gasteiger partial charge < -0.3 is 15.0 Å². The van der Waals surface area contributed by atoms with Crippen molar-refractivity contribution in [3.8, 4) is 5.75 Å². The molecule has 1 heterocycles. The molecule has 0 radical (unpaired) electrons. The van der Waals surface area contributed by atoms with E-state index in [2.05, 4.69) is 12.2 Å². The van der Waals surface area contributed by atoms with Crippen LogP contribution in [-0.4, -0.2) is 35.9 Å². The maximum Gasteiger partial charge on any atom is 0.265 e. The molecule has 3 rings (SSSR count). The first-order valence-electron chi connectivity index (χ1n) is 10.0. The largest absolute Gasteiger partial charge is 0.481 e. The van der Waals surface area contributed by atoms with Crippen LogP contribution in [0.2, 0.25) is 0 Å². The van der Waals surface area contributed by atoms with Gasteiger partial charge in [0.25, 0.3) is 11.8 Å². The summed E-state index contributed by atoms with van der Waals surface area (Å²) in [6.45, 7) is 5.31. The fourth-order valence-corrected chi connectivity index (χ4v) is 3.44. The number of amides is 2. The van der Waals surface area contributed by atoms with Gasteiger partial charge in [0, 0.05) is 13.1 Å². The maximum absolute atomic E-state index is 12.9. The fraction of sp³-hybridized carbons (Fsp3) is 0.391. The Morgan fingerprint density at radius 3 is 2.46 bits per heavy atom. The highest BCUT2D eigenvalue weighted by molar-refractivity contribution is 6.04. The second-order valence-electron chi connectivity index (χ2n) is 7.11. The van der Waals surface area contributed by atoms with Gasteiger partial charge in [-0.05, 0) is 56.4 Å². The van der Waals surface area contributed by atoms with Gasteiger partial charge in [0.1, 0.15) is 5.75 Å². The van der Waals surface area contributed by atoms with E-state index < -0.39 is 6.10 Å². The number of aryl methyl sites for hydroxylation is 1. The van der Waals surface area contributed by atoms with Crippen LogP contribution in [0, 0.1) is 0 Å². The molecule has 1 unspecified atom stereocenters. The number of likely N-dealkylation sites (tertiary alicyclic amines) is 1. The number of hydrogen-bond acceptors (Lipinski definition) is 3. The van der Waals surface area contributed by atoms with Crippen molar-refractivity contribution in [2.24, 2.45) is 0 Å². The second kappa shape index (κ2) is 9.40. The lowest BCUT2D eigenvalue weighted by Crippen LogP contribution is -2.36. The van der Waals surface area contributed by atoms with Crippen molar-refractivity contribution < 1.29 is 14.3 Å². The van der Waals surface area contributed by atoms with E-state index in [9.17, 15) is 9.59 Å². The van der Waals surface area contributed by atoms with Crippen molar-refractivity contribution in [2.75, 3.05) is 18.4 Å². The minimum atomic E-state index is -0.675. The third-order valence-corrected chi connectivity index (χ3v) is 5.09. The van der Waals surface area contributed by atoms with Crippen LogP contribution in [0.5, 0.6) is 5.75 Å².